The first-order chi connectivity index (χ1) is 13.9. The molecule has 0 bridgehead atoms. The topological polar surface area (TPSA) is 68.4 Å². The van der Waals surface area contributed by atoms with Gasteiger partial charge in [0.05, 0.1) is 5.52 Å². The molecule has 0 aliphatic carbocycles. The molecule has 1 amide bonds. The van der Waals surface area contributed by atoms with Crippen molar-refractivity contribution in [1.29, 1.82) is 0 Å². The van der Waals surface area contributed by atoms with E-state index in [4.69, 9.17) is 0 Å². The van der Waals surface area contributed by atoms with Gasteiger partial charge in [0.25, 0.3) is 5.56 Å². The minimum absolute atomic E-state index is 0.0954. The van der Waals surface area contributed by atoms with Gasteiger partial charge >= 0.3 is 0 Å². The minimum atomic E-state index is -0.458. The Balaban J connectivity index is 1.90. The maximum Gasteiger partial charge on any atom is 0.273 e. The minimum Gasteiger partial charge on any atom is -0.324 e. The third-order valence-corrected chi connectivity index (χ3v) is 5.33. The van der Waals surface area contributed by atoms with Gasteiger partial charge in [-0.1, -0.05) is 31.2 Å². The van der Waals surface area contributed by atoms with Crippen molar-refractivity contribution in [2.24, 2.45) is 0 Å². The third-order valence-electron chi connectivity index (χ3n) is 5.33. The van der Waals surface area contributed by atoms with Gasteiger partial charge in [0.1, 0.15) is 6.04 Å². The second kappa shape index (κ2) is 7.20. The molecule has 1 N–H and O–H groups in total. The van der Waals surface area contributed by atoms with E-state index in [1.807, 2.05) is 79.4 Å². The first-order valence-electron chi connectivity index (χ1n) is 9.78. The fourth-order valence-corrected chi connectivity index (χ4v) is 3.87. The SMILES string of the molecule is CCC(C(=O)Nc1cc(C)ccc1C)n1c2ccccc2c2nc(=O)cc(C)n21. The van der Waals surface area contributed by atoms with Crippen LogP contribution in [0, 0.1) is 20.8 Å². The molecule has 2 aromatic heterocycles. The van der Waals surface area contributed by atoms with Gasteiger partial charge in [0.2, 0.25) is 5.91 Å². The molecule has 4 aromatic rings. The number of anilines is 1. The molecule has 1 unspecified atom stereocenters. The number of nitrogens with zero attached hydrogens (tertiary/aromatic N) is 3. The van der Waals surface area contributed by atoms with Gasteiger partial charge in [-0.25, -0.2) is 4.52 Å². The lowest BCUT2D eigenvalue weighted by Crippen LogP contribution is -2.29. The maximum absolute atomic E-state index is 13.3. The van der Waals surface area contributed by atoms with E-state index >= 15 is 0 Å². The molecule has 6 heteroatoms. The van der Waals surface area contributed by atoms with Crippen molar-refractivity contribution in [3.63, 3.8) is 0 Å². The number of hydrogen-bond donors (Lipinski definition) is 1. The van der Waals surface area contributed by atoms with Crippen molar-refractivity contribution in [1.82, 2.24) is 14.2 Å². The molecule has 1 atom stereocenters. The Labute approximate surface area is 168 Å². The summed E-state index contributed by atoms with van der Waals surface area (Å²) >= 11 is 0. The molecule has 2 heterocycles. The number of benzene rings is 2. The van der Waals surface area contributed by atoms with Crippen LogP contribution in [0.1, 0.15) is 36.2 Å². The van der Waals surface area contributed by atoms with Crippen molar-refractivity contribution in [2.45, 2.75) is 40.2 Å². The largest absolute Gasteiger partial charge is 0.324 e. The summed E-state index contributed by atoms with van der Waals surface area (Å²) in [5, 5.41) is 3.95. The Morgan fingerprint density at radius 3 is 2.62 bits per heavy atom. The van der Waals surface area contributed by atoms with Crippen LogP contribution in [-0.4, -0.2) is 20.1 Å². The van der Waals surface area contributed by atoms with E-state index in [0.717, 1.165) is 33.4 Å². The highest BCUT2D eigenvalue weighted by molar-refractivity contribution is 5.98. The lowest BCUT2D eigenvalue weighted by molar-refractivity contribution is -0.119. The van der Waals surface area contributed by atoms with E-state index in [-0.39, 0.29) is 11.5 Å². The first-order valence-corrected chi connectivity index (χ1v) is 9.78. The summed E-state index contributed by atoms with van der Waals surface area (Å²) in [7, 11) is 0. The fraction of sp³-hybridized carbons (Fsp3) is 0.261. The molecular formula is C23H24N4O2. The summed E-state index contributed by atoms with van der Waals surface area (Å²) < 4.78 is 3.83. The van der Waals surface area contributed by atoms with Crippen LogP contribution in [0.3, 0.4) is 0 Å². The van der Waals surface area contributed by atoms with E-state index in [9.17, 15) is 9.59 Å². The van der Waals surface area contributed by atoms with Gasteiger partial charge < -0.3 is 5.32 Å². The molecule has 29 heavy (non-hydrogen) atoms. The van der Waals surface area contributed by atoms with Crippen LogP contribution < -0.4 is 10.9 Å². The average molecular weight is 388 g/mol. The van der Waals surface area contributed by atoms with Crippen LogP contribution in [0.5, 0.6) is 0 Å². The second-order valence-corrected chi connectivity index (χ2v) is 7.46. The third kappa shape index (κ3) is 3.20. The molecule has 0 radical (unpaired) electrons. The standard InChI is InChI=1S/C23H24N4O2/c1-5-19(23(29)24-18-12-14(2)10-11-15(18)3)27-20-9-7-6-8-17(20)22-25-21(28)13-16(4)26(22)27/h6-13,19H,5H2,1-4H3,(H,24,29). The Morgan fingerprint density at radius 1 is 1.10 bits per heavy atom. The van der Waals surface area contributed by atoms with Crippen molar-refractivity contribution >= 4 is 28.1 Å². The molecule has 4 rings (SSSR count). The zero-order valence-corrected chi connectivity index (χ0v) is 17.1. The maximum atomic E-state index is 13.3. The molecule has 6 nitrogen and oxygen atoms in total. The monoisotopic (exact) mass is 388 g/mol. The Morgan fingerprint density at radius 2 is 1.86 bits per heavy atom. The number of amides is 1. The van der Waals surface area contributed by atoms with E-state index < -0.39 is 6.04 Å². The van der Waals surface area contributed by atoms with E-state index in [2.05, 4.69) is 10.3 Å². The molecular weight excluding hydrogens is 364 g/mol. The number of hydrogen-bond acceptors (Lipinski definition) is 3. The molecule has 0 spiro atoms. The molecule has 148 valence electrons. The molecule has 0 aliphatic rings. The molecule has 0 saturated heterocycles. The number of nitrogens with one attached hydrogen (secondary N) is 1. The van der Waals surface area contributed by atoms with E-state index in [0.29, 0.717) is 12.1 Å². The molecule has 0 aliphatic heterocycles. The number of fused-ring (bicyclic) bond motifs is 3. The number of carbonyl (C=O) groups is 1. The number of aromatic nitrogens is 3. The molecule has 0 fully saturated rings. The van der Waals surface area contributed by atoms with Crippen LogP contribution in [0.15, 0.2) is 53.3 Å². The van der Waals surface area contributed by atoms with Crippen LogP contribution in [-0.2, 0) is 4.79 Å². The lowest BCUT2D eigenvalue weighted by atomic mass is 10.1. The summed E-state index contributed by atoms with van der Waals surface area (Å²) in [6.45, 7) is 7.83. The van der Waals surface area contributed by atoms with Gasteiger partial charge in [-0.2, -0.15) is 4.98 Å². The van der Waals surface area contributed by atoms with Crippen LogP contribution in [0.25, 0.3) is 16.6 Å². The number of aryl methyl sites for hydroxylation is 3. The van der Waals surface area contributed by atoms with Gasteiger partial charge in [0, 0.05) is 22.8 Å². The zero-order valence-electron chi connectivity index (χ0n) is 17.1. The predicted octanol–water partition coefficient (Wildman–Crippen LogP) is 4.16. The van der Waals surface area contributed by atoms with Crippen LogP contribution in [0.2, 0.25) is 0 Å². The average Bonchev–Trinajstić information content (AvgIpc) is 3.00. The lowest BCUT2D eigenvalue weighted by Gasteiger charge is -2.21. The normalized spacial score (nSPS) is 12.4. The Hall–Kier alpha value is -3.41. The summed E-state index contributed by atoms with van der Waals surface area (Å²) in [5.41, 5.74) is 4.83. The summed E-state index contributed by atoms with van der Waals surface area (Å²) in [6.07, 6.45) is 0.593. The van der Waals surface area contributed by atoms with Crippen molar-refractivity contribution < 1.29 is 4.79 Å². The zero-order chi connectivity index (χ0) is 20.7. The number of para-hydroxylation sites is 1. The summed E-state index contributed by atoms with van der Waals surface area (Å²) in [6, 6.07) is 14.8. The van der Waals surface area contributed by atoms with Crippen molar-refractivity contribution in [2.75, 3.05) is 5.32 Å². The summed E-state index contributed by atoms with van der Waals surface area (Å²) in [4.78, 5) is 29.6. The second-order valence-electron chi connectivity index (χ2n) is 7.46. The van der Waals surface area contributed by atoms with Crippen LogP contribution >= 0.6 is 0 Å². The van der Waals surface area contributed by atoms with E-state index in [1.165, 1.54) is 6.07 Å². The fourth-order valence-electron chi connectivity index (χ4n) is 3.87. The smallest absolute Gasteiger partial charge is 0.273 e. The van der Waals surface area contributed by atoms with Crippen molar-refractivity contribution in [3.8, 4) is 0 Å². The van der Waals surface area contributed by atoms with Gasteiger partial charge in [0.15, 0.2) is 5.65 Å². The number of carbonyl (C=O) groups excluding carboxylic acids is 1. The first kappa shape index (κ1) is 18.9. The Kier molecular flexibility index (Phi) is 4.70. The quantitative estimate of drug-likeness (QED) is 0.571. The highest BCUT2D eigenvalue weighted by Crippen LogP contribution is 2.28. The molecule has 2 aromatic carbocycles. The van der Waals surface area contributed by atoms with Gasteiger partial charge in [-0.05, 0) is 56.5 Å². The summed E-state index contributed by atoms with van der Waals surface area (Å²) in [5.74, 6) is -0.0954. The van der Waals surface area contributed by atoms with E-state index in [1.54, 1.807) is 0 Å². The van der Waals surface area contributed by atoms with Gasteiger partial charge in [-0.15, -0.1) is 0 Å². The number of rotatable bonds is 4. The Bertz CT molecular complexity index is 1300. The molecule has 0 saturated carbocycles. The highest BCUT2D eigenvalue weighted by atomic mass is 16.2. The van der Waals surface area contributed by atoms with Crippen LogP contribution in [0.4, 0.5) is 5.69 Å². The predicted molar refractivity (Wildman–Crippen MR) is 116 cm³/mol. The van der Waals surface area contributed by atoms with Gasteiger partial charge in [-0.3, -0.25) is 14.3 Å². The van der Waals surface area contributed by atoms with Crippen molar-refractivity contribution in [3.05, 3.63) is 75.7 Å². The highest BCUT2D eigenvalue weighted by Gasteiger charge is 2.25.